The fraction of sp³-hybridized carbons (Fsp3) is 0.500. The minimum absolute atomic E-state index is 0.0470. The van der Waals surface area contributed by atoms with Gasteiger partial charge in [-0.05, 0) is 44.9 Å². The predicted octanol–water partition coefficient (Wildman–Crippen LogP) is 3.47. The molecule has 29 heavy (non-hydrogen) atoms. The number of hydrogen-bond acceptors (Lipinski definition) is 6. The van der Waals surface area contributed by atoms with Crippen LogP contribution in [0.5, 0.6) is 0 Å². The van der Waals surface area contributed by atoms with Crippen molar-refractivity contribution in [3.63, 3.8) is 0 Å². The second-order valence-electron chi connectivity index (χ2n) is 7.39. The third kappa shape index (κ3) is 4.66. The predicted molar refractivity (Wildman–Crippen MR) is 113 cm³/mol. The highest BCUT2D eigenvalue weighted by Gasteiger charge is 2.37. The molecule has 1 aromatic heterocycles. The Morgan fingerprint density at radius 2 is 2.10 bits per heavy atom. The Bertz CT molecular complexity index is 1040. The molecule has 1 aromatic carbocycles. The number of aryl methyl sites for hydroxylation is 1. The lowest BCUT2D eigenvalue weighted by molar-refractivity contribution is -0.138. The van der Waals surface area contributed by atoms with E-state index in [1.165, 1.54) is 0 Å². The molecule has 1 fully saturated rings. The number of sulfone groups is 1. The van der Waals surface area contributed by atoms with Crippen LogP contribution >= 0.6 is 15.9 Å². The molecular formula is C20H24BrNO6S. The van der Waals surface area contributed by atoms with Crippen LogP contribution < -0.4 is 0 Å². The summed E-state index contributed by atoms with van der Waals surface area (Å²) in [6, 6.07) is 4.88. The third-order valence-corrected chi connectivity index (χ3v) is 7.61. The van der Waals surface area contributed by atoms with Crippen molar-refractivity contribution in [3.05, 3.63) is 34.0 Å². The van der Waals surface area contributed by atoms with Crippen LogP contribution in [0.1, 0.15) is 42.8 Å². The average molecular weight is 486 g/mol. The first-order chi connectivity index (χ1) is 13.6. The van der Waals surface area contributed by atoms with E-state index in [0.29, 0.717) is 24.0 Å². The average Bonchev–Trinajstić information content (AvgIpc) is 3.19. The van der Waals surface area contributed by atoms with Crippen molar-refractivity contribution in [1.82, 2.24) is 4.90 Å². The zero-order valence-electron chi connectivity index (χ0n) is 16.6. The lowest BCUT2D eigenvalue weighted by Crippen LogP contribution is -2.48. The van der Waals surface area contributed by atoms with Crippen LogP contribution in [-0.2, 0) is 19.4 Å². The fourth-order valence-corrected chi connectivity index (χ4v) is 5.73. The summed E-state index contributed by atoms with van der Waals surface area (Å²) in [6.07, 6.45) is 1.08. The van der Waals surface area contributed by atoms with E-state index in [9.17, 15) is 18.0 Å². The van der Waals surface area contributed by atoms with Crippen molar-refractivity contribution in [2.24, 2.45) is 0 Å². The van der Waals surface area contributed by atoms with E-state index in [1.807, 2.05) is 26.0 Å². The van der Waals surface area contributed by atoms with Crippen molar-refractivity contribution in [2.75, 3.05) is 18.1 Å². The van der Waals surface area contributed by atoms with Gasteiger partial charge in [0, 0.05) is 27.5 Å². The third-order valence-electron chi connectivity index (χ3n) is 5.37. The van der Waals surface area contributed by atoms with E-state index in [0.717, 1.165) is 9.86 Å². The molecule has 1 amide bonds. The summed E-state index contributed by atoms with van der Waals surface area (Å²) in [6.45, 7) is 5.09. The van der Waals surface area contributed by atoms with E-state index in [1.54, 1.807) is 17.9 Å². The van der Waals surface area contributed by atoms with Crippen molar-refractivity contribution >= 4 is 48.6 Å². The van der Waals surface area contributed by atoms with Gasteiger partial charge in [-0.25, -0.2) is 13.2 Å². The largest absolute Gasteiger partial charge is 0.450 e. The minimum Gasteiger partial charge on any atom is -0.450 e. The molecule has 1 saturated heterocycles. The summed E-state index contributed by atoms with van der Waals surface area (Å²) in [4.78, 5) is 26.9. The first-order valence-corrected chi connectivity index (χ1v) is 12.1. The Hall–Kier alpha value is -1.87. The highest BCUT2D eigenvalue weighted by atomic mass is 79.9. The smallest absolute Gasteiger partial charge is 0.375 e. The molecule has 2 aromatic rings. The van der Waals surface area contributed by atoms with Gasteiger partial charge in [0.2, 0.25) is 5.76 Å². The number of carbonyl (C=O) groups is 2. The Labute approximate surface area is 178 Å². The Kier molecular flexibility index (Phi) is 6.38. The lowest BCUT2D eigenvalue weighted by Gasteiger charge is -2.33. The molecule has 1 aliphatic heterocycles. The molecule has 2 unspecified atom stereocenters. The van der Waals surface area contributed by atoms with Crippen molar-refractivity contribution in [2.45, 2.75) is 45.7 Å². The number of hydrogen-bond donors (Lipinski definition) is 0. The van der Waals surface area contributed by atoms with Gasteiger partial charge in [-0.1, -0.05) is 22.9 Å². The molecule has 0 spiro atoms. The number of fused-ring (bicyclic) bond motifs is 1. The van der Waals surface area contributed by atoms with Crippen molar-refractivity contribution in [3.8, 4) is 0 Å². The Morgan fingerprint density at radius 1 is 1.38 bits per heavy atom. The monoisotopic (exact) mass is 485 g/mol. The molecule has 158 valence electrons. The van der Waals surface area contributed by atoms with Gasteiger partial charge < -0.3 is 14.1 Å². The van der Waals surface area contributed by atoms with Crippen LogP contribution in [-0.4, -0.2) is 55.4 Å². The fourth-order valence-electron chi connectivity index (χ4n) is 3.66. The van der Waals surface area contributed by atoms with Gasteiger partial charge in [-0.2, -0.15) is 0 Å². The lowest BCUT2D eigenvalue weighted by atomic mass is 10.1. The molecule has 9 heteroatoms. The quantitative estimate of drug-likeness (QED) is 0.581. The van der Waals surface area contributed by atoms with Crippen LogP contribution in [0.15, 0.2) is 27.1 Å². The van der Waals surface area contributed by atoms with E-state index in [2.05, 4.69) is 15.9 Å². The zero-order valence-corrected chi connectivity index (χ0v) is 19.0. The van der Waals surface area contributed by atoms with Gasteiger partial charge >= 0.3 is 5.97 Å². The number of ether oxygens (including phenoxy) is 1. The summed E-state index contributed by atoms with van der Waals surface area (Å²) in [5.41, 5.74) is 1.20. The topological polar surface area (TPSA) is 93.9 Å². The highest BCUT2D eigenvalue weighted by molar-refractivity contribution is 9.10. The van der Waals surface area contributed by atoms with Crippen LogP contribution in [0.2, 0.25) is 0 Å². The molecule has 0 bridgehead atoms. The molecule has 1 aliphatic rings. The molecule has 0 N–H and O–H groups in total. The standard InChI is InChI=1S/C20H24BrNO6S/c1-4-12(2)22(15-7-8-29(25,26)11-15)18(23)10-27-20(24)19-13(3)16-9-14(21)5-6-17(16)28-19/h5-6,9,12,15H,4,7-8,10-11H2,1-3H3. The molecular weight excluding hydrogens is 462 g/mol. The van der Waals surface area contributed by atoms with Crippen LogP contribution in [0.3, 0.4) is 0 Å². The number of benzene rings is 1. The maximum atomic E-state index is 12.8. The number of amides is 1. The molecule has 7 nitrogen and oxygen atoms in total. The Balaban J connectivity index is 1.73. The normalized spacial score (nSPS) is 19.2. The molecule has 0 aliphatic carbocycles. The van der Waals surface area contributed by atoms with Gasteiger partial charge in [-0.15, -0.1) is 0 Å². The first kappa shape index (κ1) is 21.8. The minimum atomic E-state index is -3.13. The highest BCUT2D eigenvalue weighted by Crippen LogP contribution is 2.28. The van der Waals surface area contributed by atoms with Crippen molar-refractivity contribution < 1.29 is 27.2 Å². The zero-order chi connectivity index (χ0) is 21.3. The number of furan rings is 1. The van der Waals surface area contributed by atoms with E-state index >= 15 is 0 Å². The number of nitrogens with zero attached hydrogens (tertiary/aromatic N) is 1. The van der Waals surface area contributed by atoms with Gasteiger partial charge in [0.05, 0.1) is 11.5 Å². The molecule has 2 atom stereocenters. The molecule has 3 rings (SSSR count). The number of carbonyl (C=O) groups excluding carboxylic acids is 2. The van der Waals surface area contributed by atoms with Crippen molar-refractivity contribution in [1.29, 1.82) is 0 Å². The maximum absolute atomic E-state index is 12.8. The first-order valence-electron chi connectivity index (χ1n) is 9.50. The second-order valence-corrected chi connectivity index (χ2v) is 10.5. The van der Waals surface area contributed by atoms with Gasteiger partial charge in [0.15, 0.2) is 16.4 Å². The number of rotatable bonds is 6. The molecule has 0 saturated carbocycles. The van der Waals surface area contributed by atoms with E-state index in [-0.39, 0.29) is 29.3 Å². The SMILES string of the molecule is CCC(C)N(C(=O)COC(=O)c1oc2ccc(Br)cc2c1C)C1CCS(=O)(=O)C1. The Morgan fingerprint density at radius 3 is 2.72 bits per heavy atom. The summed E-state index contributed by atoms with van der Waals surface area (Å²) in [7, 11) is -3.13. The summed E-state index contributed by atoms with van der Waals surface area (Å²) in [5.74, 6) is -1.03. The van der Waals surface area contributed by atoms with E-state index in [4.69, 9.17) is 9.15 Å². The number of halogens is 1. The summed E-state index contributed by atoms with van der Waals surface area (Å²) < 4.78 is 35.4. The molecule has 2 heterocycles. The van der Waals surface area contributed by atoms with Gasteiger partial charge in [0.1, 0.15) is 5.58 Å². The second kappa shape index (κ2) is 8.47. The van der Waals surface area contributed by atoms with Crippen LogP contribution in [0.25, 0.3) is 11.0 Å². The maximum Gasteiger partial charge on any atom is 0.375 e. The summed E-state index contributed by atoms with van der Waals surface area (Å²) >= 11 is 3.39. The van der Waals surface area contributed by atoms with Gasteiger partial charge in [0.25, 0.3) is 5.91 Å². The molecule has 0 radical (unpaired) electrons. The summed E-state index contributed by atoms with van der Waals surface area (Å²) in [5, 5.41) is 0.787. The van der Waals surface area contributed by atoms with Crippen LogP contribution in [0.4, 0.5) is 0 Å². The van der Waals surface area contributed by atoms with E-state index < -0.39 is 28.3 Å². The van der Waals surface area contributed by atoms with Crippen LogP contribution in [0, 0.1) is 6.92 Å². The number of esters is 1. The van der Waals surface area contributed by atoms with Gasteiger partial charge in [-0.3, -0.25) is 4.79 Å².